The summed E-state index contributed by atoms with van der Waals surface area (Å²) in [7, 11) is 0. The van der Waals surface area contributed by atoms with Gasteiger partial charge in [-0.05, 0) is 40.5 Å². The maximum absolute atomic E-state index is 12.9. The van der Waals surface area contributed by atoms with Gasteiger partial charge in [-0.3, -0.25) is 9.69 Å². The van der Waals surface area contributed by atoms with Gasteiger partial charge in [-0.2, -0.15) is 0 Å². The summed E-state index contributed by atoms with van der Waals surface area (Å²) in [5.74, 6) is 1.35. The third-order valence-electron chi connectivity index (χ3n) is 4.97. The molecule has 4 nitrogen and oxygen atoms in total. The summed E-state index contributed by atoms with van der Waals surface area (Å²) in [4.78, 5) is 15.2. The minimum atomic E-state index is -0.0743. The summed E-state index contributed by atoms with van der Waals surface area (Å²) in [6.45, 7) is 0.636. The maximum Gasteiger partial charge on any atom is 0.266 e. The number of hydrogen-bond donors (Lipinski definition) is 0. The number of ether oxygens (including phenoxy) is 2. The summed E-state index contributed by atoms with van der Waals surface area (Å²) < 4.78 is 11.3. The SMILES string of the molecule is O=C1/C(=C/c2ccc(-c3ccccc3)cc2)SC(=S)N1Cc1ccc2c(c1)OCO2. The lowest BCUT2D eigenvalue weighted by Crippen LogP contribution is -2.27. The first-order valence-corrected chi connectivity index (χ1v) is 10.7. The molecule has 3 aromatic carbocycles. The van der Waals surface area contributed by atoms with Crippen molar-refractivity contribution in [1.82, 2.24) is 4.90 Å². The molecule has 0 aromatic heterocycles. The van der Waals surface area contributed by atoms with E-state index >= 15 is 0 Å². The van der Waals surface area contributed by atoms with E-state index in [0.717, 1.165) is 22.4 Å². The van der Waals surface area contributed by atoms with Crippen LogP contribution in [0.3, 0.4) is 0 Å². The number of hydrogen-bond acceptors (Lipinski definition) is 5. The van der Waals surface area contributed by atoms with Gasteiger partial charge in [0.25, 0.3) is 5.91 Å². The number of carbonyl (C=O) groups is 1. The number of fused-ring (bicyclic) bond motifs is 1. The fourth-order valence-corrected chi connectivity index (χ4v) is 4.67. The standard InChI is InChI=1S/C24H17NO3S2/c26-23-22(13-16-6-9-19(10-7-16)18-4-2-1-3-5-18)30-24(29)25(23)14-17-8-11-20-21(12-17)28-15-27-20/h1-13H,14-15H2/b22-13-. The lowest BCUT2D eigenvalue weighted by Gasteiger charge is -2.14. The highest BCUT2D eigenvalue weighted by Crippen LogP contribution is 2.36. The molecule has 0 N–H and O–H groups in total. The van der Waals surface area contributed by atoms with Gasteiger partial charge in [-0.25, -0.2) is 0 Å². The van der Waals surface area contributed by atoms with Crippen LogP contribution < -0.4 is 9.47 Å². The number of benzene rings is 3. The Morgan fingerprint density at radius 3 is 2.47 bits per heavy atom. The normalized spacial score (nSPS) is 16.5. The summed E-state index contributed by atoms with van der Waals surface area (Å²) in [6, 6.07) is 24.1. The van der Waals surface area contributed by atoms with Crippen LogP contribution >= 0.6 is 24.0 Å². The zero-order chi connectivity index (χ0) is 20.5. The predicted molar refractivity (Wildman–Crippen MR) is 123 cm³/mol. The second kappa shape index (κ2) is 7.97. The van der Waals surface area contributed by atoms with Gasteiger partial charge in [-0.15, -0.1) is 0 Å². The average Bonchev–Trinajstić information content (AvgIpc) is 3.35. The molecule has 148 valence electrons. The molecule has 0 bridgehead atoms. The topological polar surface area (TPSA) is 38.8 Å². The van der Waals surface area contributed by atoms with Crippen molar-refractivity contribution in [3.05, 3.63) is 88.8 Å². The molecular weight excluding hydrogens is 414 g/mol. The molecule has 0 unspecified atom stereocenters. The quantitative estimate of drug-likeness (QED) is 0.404. The van der Waals surface area contributed by atoms with Crippen molar-refractivity contribution < 1.29 is 14.3 Å². The van der Waals surface area contributed by atoms with Crippen molar-refractivity contribution in [2.24, 2.45) is 0 Å². The van der Waals surface area contributed by atoms with Gasteiger partial charge < -0.3 is 9.47 Å². The molecule has 2 aliphatic heterocycles. The summed E-state index contributed by atoms with van der Waals surface area (Å²) >= 11 is 6.80. The van der Waals surface area contributed by atoms with Crippen molar-refractivity contribution in [3.63, 3.8) is 0 Å². The summed E-state index contributed by atoms with van der Waals surface area (Å²) in [5.41, 5.74) is 4.23. The van der Waals surface area contributed by atoms with Crippen LogP contribution in [0.2, 0.25) is 0 Å². The highest BCUT2D eigenvalue weighted by molar-refractivity contribution is 8.26. The number of rotatable bonds is 4. The molecule has 30 heavy (non-hydrogen) atoms. The smallest absolute Gasteiger partial charge is 0.266 e. The molecular formula is C24H17NO3S2. The molecule has 3 aromatic rings. The van der Waals surface area contributed by atoms with E-state index in [0.29, 0.717) is 21.5 Å². The van der Waals surface area contributed by atoms with Crippen molar-refractivity contribution in [2.45, 2.75) is 6.54 Å². The first-order chi connectivity index (χ1) is 14.7. The second-order valence-corrected chi connectivity index (χ2v) is 8.62. The Kier molecular flexibility index (Phi) is 5.02. The Bertz CT molecular complexity index is 1160. The molecule has 5 rings (SSSR count). The van der Waals surface area contributed by atoms with Gasteiger partial charge in [0.1, 0.15) is 4.32 Å². The van der Waals surface area contributed by atoms with E-state index in [2.05, 4.69) is 24.3 Å². The molecule has 0 atom stereocenters. The highest BCUT2D eigenvalue weighted by Gasteiger charge is 2.32. The van der Waals surface area contributed by atoms with Crippen molar-refractivity contribution in [3.8, 4) is 22.6 Å². The van der Waals surface area contributed by atoms with Crippen LogP contribution in [-0.4, -0.2) is 21.9 Å². The molecule has 0 spiro atoms. The Morgan fingerprint density at radius 2 is 1.67 bits per heavy atom. The van der Waals surface area contributed by atoms with Crippen LogP contribution in [0.25, 0.3) is 17.2 Å². The number of thioether (sulfide) groups is 1. The lowest BCUT2D eigenvalue weighted by molar-refractivity contribution is -0.122. The van der Waals surface area contributed by atoms with E-state index in [-0.39, 0.29) is 12.7 Å². The summed E-state index contributed by atoms with van der Waals surface area (Å²) in [6.07, 6.45) is 1.90. The Labute approximate surface area is 184 Å². The van der Waals surface area contributed by atoms with E-state index in [4.69, 9.17) is 21.7 Å². The van der Waals surface area contributed by atoms with Gasteiger partial charge in [-0.1, -0.05) is 84.6 Å². The van der Waals surface area contributed by atoms with E-state index in [9.17, 15) is 4.79 Å². The third-order valence-corrected chi connectivity index (χ3v) is 6.34. The van der Waals surface area contributed by atoms with Crippen LogP contribution in [0.1, 0.15) is 11.1 Å². The third kappa shape index (κ3) is 3.72. The fourth-order valence-electron chi connectivity index (χ4n) is 3.41. The Hall–Kier alpha value is -3.09. The molecule has 2 heterocycles. The monoisotopic (exact) mass is 431 g/mol. The summed E-state index contributed by atoms with van der Waals surface area (Å²) in [5, 5.41) is 0. The van der Waals surface area contributed by atoms with E-state index in [1.807, 2.05) is 54.6 Å². The van der Waals surface area contributed by atoms with E-state index < -0.39 is 0 Å². The number of amides is 1. The minimum absolute atomic E-state index is 0.0743. The predicted octanol–water partition coefficient (Wildman–Crippen LogP) is 5.48. The highest BCUT2D eigenvalue weighted by atomic mass is 32.2. The van der Waals surface area contributed by atoms with Gasteiger partial charge >= 0.3 is 0 Å². The van der Waals surface area contributed by atoms with Crippen LogP contribution in [-0.2, 0) is 11.3 Å². The first kappa shape index (κ1) is 18.9. The van der Waals surface area contributed by atoms with E-state index in [1.54, 1.807) is 4.90 Å². The van der Waals surface area contributed by atoms with Crippen molar-refractivity contribution in [1.29, 1.82) is 0 Å². The Balaban J connectivity index is 1.33. The molecule has 1 fully saturated rings. The zero-order valence-corrected chi connectivity index (χ0v) is 17.5. The molecule has 0 aliphatic carbocycles. The van der Waals surface area contributed by atoms with Gasteiger partial charge in [0.05, 0.1) is 11.4 Å². The lowest BCUT2D eigenvalue weighted by atomic mass is 10.0. The number of nitrogens with zero attached hydrogens (tertiary/aromatic N) is 1. The zero-order valence-electron chi connectivity index (χ0n) is 15.9. The minimum Gasteiger partial charge on any atom is -0.454 e. The van der Waals surface area contributed by atoms with Crippen LogP contribution in [0.15, 0.2) is 77.7 Å². The Morgan fingerprint density at radius 1 is 0.933 bits per heavy atom. The molecule has 6 heteroatoms. The largest absolute Gasteiger partial charge is 0.454 e. The maximum atomic E-state index is 12.9. The molecule has 1 saturated heterocycles. The fraction of sp³-hybridized carbons (Fsp3) is 0.0833. The molecule has 1 amide bonds. The van der Waals surface area contributed by atoms with Gasteiger partial charge in [0.15, 0.2) is 11.5 Å². The number of carbonyl (C=O) groups excluding carboxylic acids is 1. The van der Waals surface area contributed by atoms with Crippen LogP contribution in [0.5, 0.6) is 11.5 Å². The molecule has 0 radical (unpaired) electrons. The average molecular weight is 432 g/mol. The first-order valence-electron chi connectivity index (χ1n) is 9.47. The molecule has 2 aliphatic rings. The number of thiocarbonyl (C=S) groups is 1. The van der Waals surface area contributed by atoms with Gasteiger partial charge in [0, 0.05) is 0 Å². The molecule has 0 saturated carbocycles. The van der Waals surface area contributed by atoms with Crippen LogP contribution in [0, 0.1) is 0 Å². The van der Waals surface area contributed by atoms with Crippen molar-refractivity contribution in [2.75, 3.05) is 6.79 Å². The van der Waals surface area contributed by atoms with E-state index in [1.165, 1.54) is 17.3 Å². The van der Waals surface area contributed by atoms with Crippen molar-refractivity contribution >= 4 is 40.3 Å². The second-order valence-electron chi connectivity index (χ2n) is 6.94. The van der Waals surface area contributed by atoms with Crippen LogP contribution in [0.4, 0.5) is 0 Å². The van der Waals surface area contributed by atoms with Gasteiger partial charge in [0.2, 0.25) is 6.79 Å².